The van der Waals surface area contributed by atoms with Crippen molar-refractivity contribution in [1.29, 1.82) is 0 Å². The number of nitrogens with zero attached hydrogens (tertiary/aromatic N) is 2. The van der Waals surface area contributed by atoms with Gasteiger partial charge in [0.05, 0.1) is 0 Å². The molecule has 1 amide bonds. The van der Waals surface area contributed by atoms with Crippen molar-refractivity contribution in [3.8, 4) is 0 Å². The van der Waals surface area contributed by atoms with Gasteiger partial charge in [-0.2, -0.15) is 0 Å². The number of anilines is 2. The number of hydrogen-bond donors (Lipinski definition) is 2. The van der Waals surface area contributed by atoms with Crippen LogP contribution in [0.4, 0.5) is 11.6 Å². The first-order valence-corrected chi connectivity index (χ1v) is 7.62. The lowest BCUT2D eigenvalue weighted by atomic mass is 10.2. The maximum Gasteiger partial charge on any atom is 0.270 e. The van der Waals surface area contributed by atoms with Crippen LogP contribution >= 0.6 is 11.6 Å². The maximum atomic E-state index is 12.0. The molecule has 0 bridgehead atoms. The summed E-state index contributed by atoms with van der Waals surface area (Å²) in [6.45, 7) is 4.66. The molecule has 0 atom stereocenters. The molecule has 0 fully saturated rings. The number of aromatic nitrogens is 2. The highest BCUT2D eigenvalue weighted by molar-refractivity contribution is 6.31. The summed E-state index contributed by atoms with van der Waals surface area (Å²) < 4.78 is 0. The largest absolute Gasteiger partial charge is 0.351 e. The first kappa shape index (κ1) is 16.2. The lowest BCUT2D eigenvalue weighted by Gasteiger charge is -2.08. The maximum absolute atomic E-state index is 12.0. The number of aryl methyl sites for hydroxylation is 1. The Morgan fingerprint density at radius 3 is 2.86 bits per heavy atom. The molecule has 0 saturated carbocycles. The summed E-state index contributed by atoms with van der Waals surface area (Å²) in [5.74, 6) is 0.170. The van der Waals surface area contributed by atoms with Gasteiger partial charge in [-0.05, 0) is 37.1 Å². The Labute approximate surface area is 135 Å². The van der Waals surface area contributed by atoms with E-state index in [9.17, 15) is 4.79 Å². The van der Waals surface area contributed by atoms with Crippen molar-refractivity contribution in [2.45, 2.75) is 26.7 Å². The summed E-state index contributed by atoms with van der Waals surface area (Å²) in [6, 6.07) is 7.19. The van der Waals surface area contributed by atoms with E-state index in [1.165, 1.54) is 0 Å². The van der Waals surface area contributed by atoms with Crippen molar-refractivity contribution in [1.82, 2.24) is 15.3 Å². The minimum atomic E-state index is -0.194. The molecule has 22 heavy (non-hydrogen) atoms. The summed E-state index contributed by atoms with van der Waals surface area (Å²) in [7, 11) is 0. The molecule has 1 aromatic carbocycles. The van der Waals surface area contributed by atoms with Crippen LogP contribution in [-0.2, 0) is 0 Å². The Morgan fingerprint density at radius 1 is 1.32 bits per heavy atom. The first-order chi connectivity index (χ1) is 10.6. The Balaban J connectivity index is 2.07. The van der Waals surface area contributed by atoms with Gasteiger partial charge in [0.2, 0.25) is 5.95 Å². The third kappa shape index (κ3) is 4.43. The minimum Gasteiger partial charge on any atom is -0.351 e. The van der Waals surface area contributed by atoms with E-state index in [1.807, 2.05) is 19.1 Å². The van der Waals surface area contributed by atoms with Crippen LogP contribution in [0, 0.1) is 6.92 Å². The zero-order valence-electron chi connectivity index (χ0n) is 12.7. The van der Waals surface area contributed by atoms with Gasteiger partial charge < -0.3 is 10.6 Å². The normalized spacial score (nSPS) is 10.3. The molecule has 0 unspecified atom stereocenters. The van der Waals surface area contributed by atoms with E-state index >= 15 is 0 Å². The Bertz CT molecular complexity index is 660. The molecule has 0 spiro atoms. The van der Waals surface area contributed by atoms with Crippen molar-refractivity contribution >= 4 is 29.1 Å². The van der Waals surface area contributed by atoms with Gasteiger partial charge in [0.25, 0.3) is 5.91 Å². The molecule has 5 nitrogen and oxygen atoms in total. The zero-order valence-corrected chi connectivity index (χ0v) is 13.4. The molecule has 0 aliphatic rings. The van der Waals surface area contributed by atoms with Gasteiger partial charge in [0, 0.05) is 23.5 Å². The van der Waals surface area contributed by atoms with Gasteiger partial charge >= 0.3 is 0 Å². The molecule has 2 N–H and O–H groups in total. The lowest BCUT2D eigenvalue weighted by molar-refractivity contribution is 0.0948. The second-order valence-corrected chi connectivity index (χ2v) is 5.37. The van der Waals surface area contributed by atoms with E-state index in [1.54, 1.807) is 18.3 Å². The van der Waals surface area contributed by atoms with Crippen LogP contribution in [0.2, 0.25) is 5.02 Å². The first-order valence-electron chi connectivity index (χ1n) is 7.24. The molecular formula is C16H19ClN4O. The van der Waals surface area contributed by atoms with E-state index in [0.717, 1.165) is 24.1 Å². The number of carbonyl (C=O) groups excluding carboxylic acids is 1. The number of unbranched alkanes of at least 4 members (excludes halogenated alkanes) is 1. The third-order valence-electron chi connectivity index (χ3n) is 3.13. The number of carbonyl (C=O) groups is 1. The quantitative estimate of drug-likeness (QED) is 0.797. The number of hydrogen-bond acceptors (Lipinski definition) is 4. The molecule has 0 saturated heterocycles. The molecule has 1 heterocycles. The lowest BCUT2D eigenvalue weighted by Crippen LogP contribution is -2.25. The van der Waals surface area contributed by atoms with Crippen LogP contribution < -0.4 is 10.6 Å². The number of amides is 1. The average Bonchev–Trinajstić information content (AvgIpc) is 2.51. The van der Waals surface area contributed by atoms with Crippen molar-refractivity contribution < 1.29 is 4.79 Å². The van der Waals surface area contributed by atoms with Gasteiger partial charge in [-0.15, -0.1) is 0 Å². The van der Waals surface area contributed by atoms with Crippen molar-refractivity contribution in [3.05, 3.63) is 46.7 Å². The topological polar surface area (TPSA) is 66.9 Å². The summed E-state index contributed by atoms with van der Waals surface area (Å²) in [5.41, 5.74) is 2.11. The number of rotatable bonds is 6. The van der Waals surface area contributed by atoms with E-state index in [4.69, 9.17) is 11.6 Å². The smallest absolute Gasteiger partial charge is 0.270 e. The molecule has 2 rings (SSSR count). The van der Waals surface area contributed by atoms with E-state index in [0.29, 0.717) is 23.2 Å². The minimum absolute atomic E-state index is 0.194. The highest BCUT2D eigenvalue weighted by atomic mass is 35.5. The van der Waals surface area contributed by atoms with Gasteiger partial charge in [0.15, 0.2) is 0 Å². The molecule has 116 valence electrons. The van der Waals surface area contributed by atoms with Crippen LogP contribution in [0.5, 0.6) is 0 Å². The van der Waals surface area contributed by atoms with E-state index in [2.05, 4.69) is 27.5 Å². The predicted molar refractivity (Wildman–Crippen MR) is 88.7 cm³/mol. The molecule has 2 aromatic rings. The Morgan fingerprint density at radius 2 is 2.14 bits per heavy atom. The van der Waals surface area contributed by atoms with E-state index in [-0.39, 0.29) is 5.91 Å². The van der Waals surface area contributed by atoms with Crippen LogP contribution in [0.25, 0.3) is 0 Å². The molecular weight excluding hydrogens is 300 g/mol. The summed E-state index contributed by atoms with van der Waals surface area (Å²) >= 11 is 6.09. The number of benzene rings is 1. The van der Waals surface area contributed by atoms with Crippen LogP contribution in [0.1, 0.15) is 35.8 Å². The fourth-order valence-electron chi connectivity index (χ4n) is 1.81. The second-order valence-electron chi connectivity index (χ2n) is 4.96. The Hall–Kier alpha value is -2.14. The highest BCUT2D eigenvalue weighted by Crippen LogP contribution is 2.21. The second kappa shape index (κ2) is 7.75. The molecule has 6 heteroatoms. The van der Waals surface area contributed by atoms with Gasteiger partial charge in [-0.25, -0.2) is 9.97 Å². The van der Waals surface area contributed by atoms with Gasteiger partial charge in [0.1, 0.15) is 5.69 Å². The van der Waals surface area contributed by atoms with Crippen LogP contribution in [0.3, 0.4) is 0 Å². The molecule has 0 aliphatic carbocycles. The highest BCUT2D eigenvalue weighted by Gasteiger charge is 2.08. The number of nitrogens with one attached hydrogen (secondary N) is 2. The fourth-order valence-corrected chi connectivity index (χ4v) is 1.99. The standard InChI is InChI=1S/C16H19ClN4O/c1-3-4-8-18-15(22)14-7-9-19-16(21-14)20-12-6-5-11(2)13(17)10-12/h5-7,9-10H,3-4,8H2,1-2H3,(H,18,22)(H,19,20,21). The summed E-state index contributed by atoms with van der Waals surface area (Å²) in [6.07, 6.45) is 3.54. The van der Waals surface area contributed by atoms with Gasteiger partial charge in [-0.3, -0.25) is 4.79 Å². The SMILES string of the molecule is CCCCNC(=O)c1ccnc(Nc2ccc(C)c(Cl)c2)n1. The van der Waals surface area contributed by atoms with Crippen molar-refractivity contribution in [2.75, 3.05) is 11.9 Å². The Kier molecular flexibility index (Phi) is 5.72. The fraction of sp³-hybridized carbons (Fsp3) is 0.312. The van der Waals surface area contributed by atoms with Crippen molar-refractivity contribution in [2.24, 2.45) is 0 Å². The van der Waals surface area contributed by atoms with E-state index < -0.39 is 0 Å². The third-order valence-corrected chi connectivity index (χ3v) is 3.54. The molecule has 1 aromatic heterocycles. The predicted octanol–water partition coefficient (Wildman–Crippen LogP) is 3.71. The van der Waals surface area contributed by atoms with Crippen LogP contribution in [0.15, 0.2) is 30.5 Å². The average molecular weight is 319 g/mol. The summed E-state index contributed by atoms with van der Waals surface area (Å²) in [4.78, 5) is 20.3. The monoisotopic (exact) mass is 318 g/mol. The summed E-state index contributed by atoms with van der Waals surface area (Å²) in [5, 5.41) is 6.54. The number of halogens is 1. The van der Waals surface area contributed by atoms with Crippen LogP contribution in [-0.4, -0.2) is 22.4 Å². The zero-order chi connectivity index (χ0) is 15.9. The molecule has 0 aliphatic heterocycles. The van der Waals surface area contributed by atoms with Gasteiger partial charge in [-0.1, -0.05) is 31.0 Å². The molecule has 0 radical (unpaired) electrons. The van der Waals surface area contributed by atoms with Crippen molar-refractivity contribution in [3.63, 3.8) is 0 Å².